The largest absolute Gasteiger partial charge is 0.508 e. The van der Waals surface area contributed by atoms with Crippen molar-refractivity contribution in [3.8, 4) is 5.75 Å². The minimum Gasteiger partial charge on any atom is -0.508 e. The van der Waals surface area contributed by atoms with E-state index < -0.39 is 5.60 Å². The summed E-state index contributed by atoms with van der Waals surface area (Å²) in [4.78, 5) is 0. The number of benzene rings is 2. The van der Waals surface area contributed by atoms with Crippen molar-refractivity contribution in [2.24, 2.45) is 0 Å². The molecule has 0 saturated heterocycles. The normalized spacial score (nSPS) is 24.0. The standard InChI is InChI=1S/C21H27NO2/c23-20-10-8-18(9-11-20)21(24)14-12-19(13-15-21)22-16-4-7-17-5-2-1-3-6-17/h1-3,5-6,8-11,19,22-24H,4,7,12-16H2/t19-,21-. The van der Waals surface area contributed by atoms with Gasteiger partial charge in [0.1, 0.15) is 5.75 Å². The Bertz CT molecular complexity index is 616. The van der Waals surface area contributed by atoms with E-state index in [1.165, 1.54) is 5.56 Å². The van der Waals surface area contributed by atoms with E-state index in [1.807, 2.05) is 12.1 Å². The van der Waals surface area contributed by atoms with Crippen molar-refractivity contribution in [1.82, 2.24) is 5.32 Å². The Morgan fingerprint density at radius 3 is 2.29 bits per heavy atom. The van der Waals surface area contributed by atoms with Crippen LogP contribution >= 0.6 is 0 Å². The Kier molecular flexibility index (Phi) is 5.54. The molecule has 0 amide bonds. The van der Waals surface area contributed by atoms with E-state index in [2.05, 4.69) is 35.6 Å². The number of hydrogen-bond donors (Lipinski definition) is 3. The van der Waals surface area contributed by atoms with E-state index in [0.717, 1.165) is 50.6 Å². The summed E-state index contributed by atoms with van der Waals surface area (Å²) in [5.41, 5.74) is 1.57. The van der Waals surface area contributed by atoms with Gasteiger partial charge in [-0.25, -0.2) is 0 Å². The molecule has 24 heavy (non-hydrogen) atoms. The lowest BCUT2D eigenvalue weighted by atomic mass is 9.77. The summed E-state index contributed by atoms with van der Waals surface area (Å²) in [7, 11) is 0. The van der Waals surface area contributed by atoms with Gasteiger partial charge in [0.05, 0.1) is 5.60 Å². The van der Waals surface area contributed by atoms with Crippen LogP contribution in [-0.4, -0.2) is 22.8 Å². The van der Waals surface area contributed by atoms with Crippen LogP contribution in [0.1, 0.15) is 43.2 Å². The van der Waals surface area contributed by atoms with Crippen molar-refractivity contribution in [2.75, 3.05) is 6.54 Å². The highest BCUT2D eigenvalue weighted by Crippen LogP contribution is 2.37. The number of hydrogen-bond acceptors (Lipinski definition) is 3. The molecule has 0 unspecified atom stereocenters. The van der Waals surface area contributed by atoms with Crippen LogP contribution in [0.2, 0.25) is 0 Å². The van der Waals surface area contributed by atoms with Crippen LogP contribution in [0.5, 0.6) is 5.75 Å². The van der Waals surface area contributed by atoms with Gasteiger partial charge in [-0.2, -0.15) is 0 Å². The molecular weight excluding hydrogens is 298 g/mol. The van der Waals surface area contributed by atoms with E-state index in [1.54, 1.807) is 12.1 Å². The minimum atomic E-state index is -0.740. The van der Waals surface area contributed by atoms with E-state index in [4.69, 9.17) is 0 Å². The third-order valence-corrected chi connectivity index (χ3v) is 5.14. The number of rotatable bonds is 6. The fraction of sp³-hybridized carbons (Fsp3) is 0.429. The van der Waals surface area contributed by atoms with Crippen LogP contribution in [0.25, 0.3) is 0 Å². The fourth-order valence-electron chi connectivity index (χ4n) is 3.60. The van der Waals surface area contributed by atoms with E-state index in [9.17, 15) is 10.2 Å². The molecule has 0 heterocycles. The second-order valence-electron chi connectivity index (χ2n) is 6.90. The zero-order chi connectivity index (χ0) is 16.8. The Morgan fingerprint density at radius 2 is 1.62 bits per heavy atom. The van der Waals surface area contributed by atoms with Gasteiger partial charge in [0, 0.05) is 6.04 Å². The van der Waals surface area contributed by atoms with Gasteiger partial charge in [-0.15, -0.1) is 0 Å². The Morgan fingerprint density at radius 1 is 0.958 bits per heavy atom. The van der Waals surface area contributed by atoms with Gasteiger partial charge in [0.15, 0.2) is 0 Å². The maximum atomic E-state index is 10.9. The van der Waals surface area contributed by atoms with Crippen LogP contribution in [0, 0.1) is 0 Å². The zero-order valence-corrected chi connectivity index (χ0v) is 14.1. The van der Waals surface area contributed by atoms with Gasteiger partial charge in [0.2, 0.25) is 0 Å². The average Bonchev–Trinajstić information content (AvgIpc) is 2.62. The smallest absolute Gasteiger partial charge is 0.115 e. The van der Waals surface area contributed by atoms with Gasteiger partial charge in [-0.1, -0.05) is 42.5 Å². The molecule has 0 radical (unpaired) electrons. The molecule has 1 aliphatic carbocycles. The number of nitrogens with one attached hydrogen (secondary N) is 1. The topological polar surface area (TPSA) is 52.5 Å². The summed E-state index contributed by atoms with van der Waals surface area (Å²) in [5.74, 6) is 0.246. The van der Waals surface area contributed by atoms with Crippen molar-refractivity contribution in [3.05, 3.63) is 65.7 Å². The maximum Gasteiger partial charge on any atom is 0.115 e. The van der Waals surface area contributed by atoms with Gasteiger partial charge in [-0.3, -0.25) is 0 Å². The Labute approximate surface area is 144 Å². The zero-order valence-electron chi connectivity index (χ0n) is 14.1. The Balaban J connectivity index is 1.41. The van der Waals surface area contributed by atoms with Crippen LogP contribution in [-0.2, 0) is 12.0 Å². The first-order chi connectivity index (χ1) is 11.7. The predicted molar refractivity (Wildman–Crippen MR) is 97.0 cm³/mol. The maximum absolute atomic E-state index is 10.9. The highest BCUT2D eigenvalue weighted by atomic mass is 16.3. The van der Waals surface area contributed by atoms with E-state index in [-0.39, 0.29) is 5.75 Å². The molecule has 1 aliphatic rings. The molecule has 2 aromatic rings. The SMILES string of the molecule is Oc1ccc([C@]2(O)CC[C@H](NCCCc3ccccc3)CC2)cc1. The molecule has 3 N–H and O–H groups in total. The van der Waals surface area contributed by atoms with Crippen molar-refractivity contribution in [3.63, 3.8) is 0 Å². The van der Waals surface area contributed by atoms with Crippen molar-refractivity contribution in [2.45, 2.75) is 50.2 Å². The summed E-state index contributed by atoms with van der Waals surface area (Å²) in [6.07, 6.45) is 5.77. The van der Waals surface area contributed by atoms with Crippen molar-refractivity contribution in [1.29, 1.82) is 0 Å². The second kappa shape index (κ2) is 7.82. The summed E-state index contributed by atoms with van der Waals surface area (Å²) in [5, 5.41) is 23.9. The quantitative estimate of drug-likeness (QED) is 0.709. The molecule has 3 rings (SSSR count). The monoisotopic (exact) mass is 325 g/mol. The number of phenols is 1. The second-order valence-corrected chi connectivity index (χ2v) is 6.90. The molecule has 128 valence electrons. The molecule has 0 spiro atoms. The van der Waals surface area contributed by atoms with Gasteiger partial charge < -0.3 is 15.5 Å². The number of phenolic OH excluding ortho intramolecular Hbond substituents is 1. The first kappa shape index (κ1) is 17.0. The molecule has 0 aromatic heterocycles. The molecule has 3 nitrogen and oxygen atoms in total. The number of aliphatic hydroxyl groups is 1. The van der Waals surface area contributed by atoms with Crippen molar-refractivity contribution < 1.29 is 10.2 Å². The molecule has 0 bridgehead atoms. The predicted octanol–water partition coefficient (Wildman–Crippen LogP) is 3.74. The molecule has 2 aromatic carbocycles. The lowest BCUT2D eigenvalue weighted by molar-refractivity contribution is -0.00831. The fourth-order valence-corrected chi connectivity index (χ4v) is 3.60. The Hall–Kier alpha value is -1.84. The summed E-state index contributed by atoms with van der Waals surface area (Å²) in [6.45, 7) is 1.02. The minimum absolute atomic E-state index is 0.246. The van der Waals surface area contributed by atoms with Crippen LogP contribution < -0.4 is 5.32 Å². The molecule has 1 saturated carbocycles. The third-order valence-electron chi connectivity index (χ3n) is 5.14. The summed E-state index contributed by atoms with van der Waals surface area (Å²) >= 11 is 0. The first-order valence-electron chi connectivity index (χ1n) is 8.95. The molecule has 1 fully saturated rings. The van der Waals surface area contributed by atoms with Crippen LogP contribution in [0.3, 0.4) is 0 Å². The van der Waals surface area contributed by atoms with Gasteiger partial charge >= 0.3 is 0 Å². The average molecular weight is 325 g/mol. The highest BCUT2D eigenvalue weighted by molar-refractivity contribution is 5.30. The first-order valence-corrected chi connectivity index (χ1v) is 8.95. The lowest BCUT2D eigenvalue weighted by Gasteiger charge is -2.37. The molecule has 0 atom stereocenters. The summed E-state index contributed by atoms with van der Waals surface area (Å²) in [6, 6.07) is 18.1. The molecular formula is C21H27NO2. The van der Waals surface area contributed by atoms with E-state index in [0.29, 0.717) is 6.04 Å². The molecule has 0 aliphatic heterocycles. The molecule has 3 heteroatoms. The van der Waals surface area contributed by atoms with E-state index >= 15 is 0 Å². The lowest BCUT2D eigenvalue weighted by Crippen LogP contribution is -2.40. The number of aryl methyl sites for hydroxylation is 1. The van der Waals surface area contributed by atoms with Crippen LogP contribution in [0.15, 0.2) is 54.6 Å². The summed E-state index contributed by atoms with van der Waals surface area (Å²) < 4.78 is 0. The van der Waals surface area contributed by atoms with Gasteiger partial charge in [-0.05, 0) is 68.3 Å². The van der Waals surface area contributed by atoms with Crippen molar-refractivity contribution >= 4 is 0 Å². The third kappa shape index (κ3) is 4.37. The number of aromatic hydroxyl groups is 1. The van der Waals surface area contributed by atoms with Gasteiger partial charge in [0.25, 0.3) is 0 Å². The van der Waals surface area contributed by atoms with Crippen LogP contribution in [0.4, 0.5) is 0 Å². The highest BCUT2D eigenvalue weighted by Gasteiger charge is 2.34.